The average Bonchev–Trinajstić information content (AvgIpc) is 3.55. The van der Waals surface area contributed by atoms with E-state index in [0.29, 0.717) is 43.6 Å². The van der Waals surface area contributed by atoms with Crippen molar-refractivity contribution in [2.45, 2.75) is 78.2 Å². The van der Waals surface area contributed by atoms with E-state index >= 15 is 0 Å². The number of halogens is 1. The van der Waals surface area contributed by atoms with Crippen molar-refractivity contribution < 1.29 is 29.0 Å². The average molecular weight is 762 g/mol. The van der Waals surface area contributed by atoms with Crippen LogP contribution in [-0.2, 0) is 27.5 Å². The van der Waals surface area contributed by atoms with Gasteiger partial charge < -0.3 is 34.7 Å². The molecule has 0 aliphatic carbocycles. The highest BCUT2D eigenvalue weighted by atomic mass is 35.5. The molecular weight excluding hydrogens is 710 g/mol. The molecule has 0 unspecified atom stereocenters. The standard InChI is InChI=1S/C40H52ClN5O6Si/c1-40(2,3)52-39(50)45(26-29-13-15-32(34(41)23-29)30-11-8-7-9-12-30)20-17-37(47)44-19-10-18-43-35-24-31(38(48)49)14-16-33(35)36-25-42-27-46(36)28-51-21-22-53(4,5)6/h7-9,11-16,23-25,27,43H,10,17-22,26,28H2,1-6H3,(H,44,47)(H,48,49). The van der Waals surface area contributed by atoms with Crippen LogP contribution in [0.2, 0.25) is 30.7 Å². The van der Waals surface area contributed by atoms with Crippen molar-refractivity contribution >= 4 is 43.3 Å². The highest BCUT2D eigenvalue weighted by Crippen LogP contribution is 2.31. The van der Waals surface area contributed by atoms with Gasteiger partial charge in [0.1, 0.15) is 12.3 Å². The molecule has 3 aromatic carbocycles. The molecule has 1 heterocycles. The van der Waals surface area contributed by atoms with Crippen LogP contribution in [-0.4, -0.2) is 77.4 Å². The fraction of sp³-hybridized carbons (Fsp3) is 0.400. The van der Waals surface area contributed by atoms with E-state index in [1.54, 1.807) is 51.5 Å². The Morgan fingerprint density at radius 3 is 2.40 bits per heavy atom. The van der Waals surface area contributed by atoms with Crippen LogP contribution in [0.25, 0.3) is 22.4 Å². The van der Waals surface area contributed by atoms with Crippen LogP contribution in [0.5, 0.6) is 0 Å². The van der Waals surface area contributed by atoms with Crippen molar-refractivity contribution in [1.82, 2.24) is 19.8 Å². The molecule has 4 aromatic rings. The summed E-state index contributed by atoms with van der Waals surface area (Å²) in [6, 6.07) is 21.5. The molecule has 13 heteroatoms. The number of rotatable bonds is 18. The van der Waals surface area contributed by atoms with Crippen molar-refractivity contribution in [2.24, 2.45) is 0 Å². The molecule has 0 atom stereocenters. The molecule has 0 saturated carbocycles. The molecule has 0 aliphatic rings. The zero-order valence-corrected chi connectivity index (χ0v) is 33.3. The summed E-state index contributed by atoms with van der Waals surface area (Å²) in [6.45, 7) is 14.5. The third-order valence-corrected chi connectivity index (χ3v) is 10.2. The topological polar surface area (TPSA) is 135 Å². The number of nitrogens with zero attached hydrogens (tertiary/aromatic N) is 3. The third kappa shape index (κ3) is 13.4. The minimum absolute atomic E-state index is 0.0807. The number of benzene rings is 3. The van der Waals surface area contributed by atoms with Crippen LogP contribution in [0.4, 0.5) is 10.5 Å². The van der Waals surface area contributed by atoms with Crippen LogP contribution >= 0.6 is 11.6 Å². The van der Waals surface area contributed by atoms with Crippen LogP contribution < -0.4 is 10.6 Å². The van der Waals surface area contributed by atoms with E-state index in [1.165, 1.54) is 4.90 Å². The van der Waals surface area contributed by atoms with Gasteiger partial charge in [-0.3, -0.25) is 4.79 Å². The number of amides is 2. The van der Waals surface area contributed by atoms with Gasteiger partial charge in [-0.05, 0) is 68.6 Å². The Bertz CT molecular complexity index is 1840. The van der Waals surface area contributed by atoms with Gasteiger partial charge in [-0.1, -0.05) is 73.7 Å². The summed E-state index contributed by atoms with van der Waals surface area (Å²) in [6.07, 6.45) is 3.57. The van der Waals surface area contributed by atoms with Crippen LogP contribution in [0, 0.1) is 0 Å². The van der Waals surface area contributed by atoms with Gasteiger partial charge in [-0.15, -0.1) is 0 Å². The minimum Gasteiger partial charge on any atom is -0.478 e. The van der Waals surface area contributed by atoms with Gasteiger partial charge in [0.15, 0.2) is 0 Å². The number of aromatic carboxylic acids is 1. The first-order valence-corrected chi connectivity index (χ1v) is 22.0. The molecule has 11 nitrogen and oxygen atoms in total. The Morgan fingerprint density at radius 2 is 1.72 bits per heavy atom. The first kappa shape index (κ1) is 41.1. The summed E-state index contributed by atoms with van der Waals surface area (Å²) in [5.74, 6) is -1.23. The highest BCUT2D eigenvalue weighted by molar-refractivity contribution is 6.76. The van der Waals surface area contributed by atoms with E-state index in [9.17, 15) is 19.5 Å². The molecule has 0 bridgehead atoms. The monoisotopic (exact) mass is 761 g/mol. The predicted molar refractivity (Wildman–Crippen MR) is 213 cm³/mol. The molecule has 0 spiro atoms. The maximum Gasteiger partial charge on any atom is 0.410 e. The normalized spacial score (nSPS) is 11.6. The number of imidazole rings is 1. The van der Waals surface area contributed by atoms with E-state index < -0.39 is 25.7 Å². The Hall–Kier alpha value is -4.65. The first-order chi connectivity index (χ1) is 25.1. The molecule has 0 radical (unpaired) electrons. The molecule has 284 valence electrons. The number of carbonyl (C=O) groups excluding carboxylic acids is 2. The largest absolute Gasteiger partial charge is 0.478 e. The lowest BCUT2D eigenvalue weighted by Gasteiger charge is -2.27. The van der Waals surface area contributed by atoms with Gasteiger partial charge in [0.25, 0.3) is 0 Å². The van der Waals surface area contributed by atoms with Gasteiger partial charge in [-0.25, -0.2) is 14.6 Å². The fourth-order valence-corrected chi connectivity index (χ4v) is 6.46. The van der Waals surface area contributed by atoms with Crippen molar-refractivity contribution in [2.75, 3.05) is 31.6 Å². The number of carboxylic acids is 1. The summed E-state index contributed by atoms with van der Waals surface area (Å²) in [4.78, 5) is 43.7. The second-order valence-corrected chi connectivity index (χ2v) is 21.2. The number of hydrogen-bond acceptors (Lipinski definition) is 7. The van der Waals surface area contributed by atoms with Crippen molar-refractivity contribution in [3.63, 3.8) is 0 Å². The van der Waals surface area contributed by atoms with Gasteiger partial charge in [0, 0.05) is 69.1 Å². The molecule has 1 aromatic heterocycles. The van der Waals surface area contributed by atoms with E-state index in [-0.39, 0.29) is 31.0 Å². The van der Waals surface area contributed by atoms with E-state index in [0.717, 1.165) is 34.0 Å². The highest BCUT2D eigenvalue weighted by Gasteiger charge is 2.23. The number of hydrogen-bond donors (Lipinski definition) is 3. The van der Waals surface area contributed by atoms with Crippen LogP contribution in [0.1, 0.15) is 49.5 Å². The zero-order valence-electron chi connectivity index (χ0n) is 31.6. The summed E-state index contributed by atoms with van der Waals surface area (Å²) < 4.78 is 13.5. The molecule has 4 rings (SSSR count). The zero-order chi connectivity index (χ0) is 38.6. The predicted octanol–water partition coefficient (Wildman–Crippen LogP) is 8.63. The molecule has 53 heavy (non-hydrogen) atoms. The van der Waals surface area contributed by atoms with Crippen molar-refractivity contribution in [1.29, 1.82) is 0 Å². The lowest BCUT2D eigenvalue weighted by Crippen LogP contribution is -2.39. The van der Waals surface area contributed by atoms with E-state index in [1.807, 2.05) is 53.1 Å². The smallest absolute Gasteiger partial charge is 0.410 e. The SMILES string of the molecule is CC(C)(C)OC(=O)N(CCC(=O)NCCCNc1cc(C(=O)O)ccc1-c1cncn1COCC[Si](C)(C)C)Cc1ccc(-c2ccccc2)c(Cl)c1. The molecule has 0 saturated heterocycles. The van der Waals surface area contributed by atoms with Gasteiger partial charge in [0.05, 0.1) is 23.8 Å². The Kier molecular flexibility index (Phi) is 14.7. The van der Waals surface area contributed by atoms with Gasteiger partial charge in [-0.2, -0.15) is 0 Å². The molecule has 0 aliphatic heterocycles. The van der Waals surface area contributed by atoms with Crippen molar-refractivity contribution in [3.05, 3.63) is 95.4 Å². The Morgan fingerprint density at radius 1 is 0.981 bits per heavy atom. The van der Waals surface area contributed by atoms with Crippen LogP contribution in [0.3, 0.4) is 0 Å². The summed E-state index contributed by atoms with van der Waals surface area (Å²) >= 11 is 6.64. The molecule has 2 amide bonds. The number of ether oxygens (including phenoxy) is 2. The maximum absolute atomic E-state index is 13.2. The Labute approximate surface area is 318 Å². The second-order valence-electron chi connectivity index (χ2n) is 15.1. The summed E-state index contributed by atoms with van der Waals surface area (Å²) in [5.41, 5.74) is 4.40. The number of anilines is 1. The van der Waals surface area contributed by atoms with Gasteiger partial charge in [0.2, 0.25) is 5.91 Å². The Balaban J connectivity index is 1.32. The minimum atomic E-state index is -1.23. The van der Waals surface area contributed by atoms with Crippen LogP contribution in [0.15, 0.2) is 79.3 Å². The number of carbonyl (C=O) groups is 3. The molecule has 3 N–H and O–H groups in total. The number of aromatic nitrogens is 2. The molecule has 0 fully saturated rings. The van der Waals surface area contributed by atoms with Crippen molar-refractivity contribution in [3.8, 4) is 22.4 Å². The van der Waals surface area contributed by atoms with Gasteiger partial charge >= 0.3 is 12.1 Å². The maximum atomic E-state index is 13.2. The quantitative estimate of drug-likeness (QED) is 0.0678. The summed E-state index contributed by atoms with van der Waals surface area (Å²) in [5, 5.41) is 16.5. The lowest BCUT2D eigenvalue weighted by molar-refractivity contribution is -0.121. The first-order valence-electron chi connectivity index (χ1n) is 17.9. The van der Waals surface area contributed by atoms with E-state index in [4.69, 9.17) is 21.1 Å². The third-order valence-electron chi connectivity index (χ3n) is 8.22. The molecular formula is C40H52ClN5O6Si. The lowest BCUT2D eigenvalue weighted by atomic mass is 10.0. The summed E-state index contributed by atoms with van der Waals surface area (Å²) in [7, 11) is -1.23. The number of carboxylic acid groups (broad SMARTS) is 1. The van der Waals surface area contributed by atoms with E-state index in [2.05, 4.69) is 35.3 Å². The second kappa shape index (κ2) is 18.9. The fourth-order valence-electron chi connectivity index (χ4n) is 5.39. The number of nitrogens with one attached hydrogen (secondary N) is 2.